The standard InChI is InChI=1S/C21H32N6O9S/c1-37-7-6-14(25-18(32)12(22)8-11-9-23-10-24-11)20(34)26-13(2-4-16(28)29)19(33)27-15(21(35)36)3-5-17(30)31/h9-10,12-15H,2-8,22H2,1H3,(H,23,24)(H,25,32)(H,26,34)(H,27,33)(H,28,29)(H,30,31)(H,35,36). The Hall–Kier alpha value is -3.66. The number of hydrogen-bond donors (Lipinski definition) is 8. The molecule has 1 rings (SSSR count). The van der Waals surface area contributed by atoms with Crippen molar-refractivity contribution in [3.05, 3.63) is 18.2 Å². The number of aromatic amines is 1. The van der Waals surface area contributed by atoms with Crippen LogP contribution in [0.1, 0.15) is 37.8 Å². The number of nitrogens with two attached hydrogens (primary N) is 1. The Labute approximate surface area is 216 Å². The largest absolute Gasteiger partial charge is 0.481 e. The van der Waals surface area contributed by atoms with Crippen molar-refractivity contribution in [2.45, 2.75) is 62.7 Å². The molecule has 0 saturated heterocycles. The Morgan fingerprint density at radius 2 is 1.41 bits per heavy atom. The first-order valence-corrected chi connectivity index (χ1v) is 12.6. The van der Waals surface area contributed by atoms with Crippen LogP contribution in [-0.4, -0.2) is 97.1 Å². The monoisotopic (exact) mass is 544 g/mol. The summed E-state index contributed by atoms with van der Waals surface area (Å²) in [6.07, 6.45) is 3.14. The second kappa shape index (κ2) is 16.2. The van der Waals surface area contributed by atoms with Crippen LogP contribution in [0.15, 0.2) is 12.5 Å². The smallest absolute Gasteiger partial charge is 0.326 e. The lowest BCUT2D eigenvalue weighted by Gasteiger charge is -2.25. The molecular weight excluding hydrogens is 512 g/mol. The molecule has 9 N–H and O–H groups in total. The van der Waals surface area contributed by atoms with Crippen molar-refractivity contribution < 1.29 is 44.1 Å². The minimum Gasteiger partial charge on any atom is -0.481 e. The number of nitrogens with one attached hydrogen (secondary N) is 4. The average Bonchev–Trinajstić information content (AvgIpc) is 3.33. The fourth-order valence-corrected chi connectivity index (χ4v) is 3.59. The lowest BCUT2D eigenvalue weighted by molar-refractivity contribution is -0.144. The zero-order chi connectivity index (χ0) is 28.0. The maximum Gasteiger partial charge on any atom is 0.326 e. The number of aromatic nitrogens is 2. The quantitative estimate of drug-likeness (QED) is 0.103. The number of nitrogens with zero attached hydrogens (tertiary/aromatic N) is 1. The van der Waals surface area contributed by atoms with Crippen LogP contribution in [0.4, 0.5) is 0 Å². The molecule has 0 bridgehead atoms. The van der Waals surface area contributed by atoms with Crippen molar-refractivity contribution in [1.82, 2.24) is 25.9 Å². The number of imidazole rings is 1. The van der Waals surface area contributed by atoms with E-state index in [1.807, 2.05) is 0 Å². The van der Waals surface area contributed by atoms with E-state index >= 15 is 0 Å². The SMILES string of the molecule is CSCCC(NC(=O)C(N)Cc1cnc[nH]1)C(=O)NC(CCC(=O)O)C(=O)NC(CCC(=O)O)C(=O)O. The van der Waals surface area contributed by atoms with Crippen molar-refractivity contribution >= 4 is 47.4 Å². The molecule has 0 aliphatic carbocycles. The van der Waals surface area contributed by atoms with Crippen LogP contribution < -0.4 is 21.7 Å². The highest BCUT2D eigenvalue weighted by Gasteiger charge is 2.30. The van der Waals surface area contributed by atoms with Gasteiger partial charge in [-0.3, -0.25) is 24.0 Å². The Morgan fingerprint density at radius 1 is 0.892 bits per heavy atom. The number of carbonyl (C=O) groups is 6. The van der Waals surface area contributed by atoms with Gasteiger partial charge in [-0.1, -0.05) is 0 Å². The van der Waals surface area contributed by atoms with Crippen LogP contribution in [0.5, 0.6) is 0 Å². The van der Waals surface area contributed by atoms with E-state index in [-0.39, 0.29) is 19.3 Å². The molecule has 0 aromatic carbocycles. The van der Waals surface area contributed by atoms with Crippen molar-refractivity contribution in [1.29, 1.82) is 0 Å². The van der Waals surface area contributed by atoms with Crippen LogP contribution in [0, 0.1) is 0 Å². The van der Waals surface area contributed by atoms with E-state index in [9.17, 15) is 33.9 Å². The number of carboxylic acids is 3. The number of thioether (sulfide) groups is 1. The molecule has 0 fully saturated rings. The van der Waals surface area contributed by atoms with E-state index in [4.69, 9.17) is 15.9 Å². The van der Waals surface area contributed by atoms with E-state index in [0.717, 1.165) is 0 Å². The van der Waals surface area contributed by atoms with E-state index < -0.39 is 79.1 Å². The number of rotatable bonds is 18. The highest BCUT2D eigenvalue weighted by Crippen LogP contribution is 2.07. The number of hydrogen-bond acceptors (Lipinski definition) is 9. The number of aliphatic carboxylic acids is 3. The van der Waals surface area contributed by atoms with Crippen LogP contribution in [-0.2, 0) is 35.2 Å². The third-order valence-corrected chi connectivity index (χ3v) is 5.76. The Kier molecular flexibility index (Phi) is 13.7. The maximum atomic E-state index is 13.0. The molecule has 0 saturated carbocycles. The van der Waals surface area contributed by atoms with Gasteiger partial charge in [0.05, 0.1) is 12.4 Å². The molecule has 0 aliphatic heterocycles. The molecular formula is C21H32N6O9S. The predicted molar refractivity (Wildman–Crippen MR) is 130 cm³/mol. The zero-order valence-corrected chi connectivity index (χ0v) is 21.0. The van der Waals surface area contributed by atoms with E-state index in [2.05, 4.69) is 25.9 Å². The highest BCUT2D eigenvalue weighted by atomic mass is 32.2. The van der Waals surface area contributed by atoms with E-state index in [1.165, 1.54) is 24.3 Å². The second-order valence-electron chi connectivity index (χ2n) is 8.06. The molecule has 15 nitrogen and oxygen atoms in total. The predicted octanol–water partition coefficient (Wildman–Crippen LogP) is -1.70. The summed E-state index contributed by atoms with van der Waals surface area (Å²) >= 11 is 1.40. The molecule has 206 valence electrons. The second-order valence-corrected chi connectivity index (χ2v) is 9.04. The summed E-state index contributed by atoms with van der Waals surface area (Å²) in [4.78, 5) is 78.3. The molecule has 37 heavy (non-hydrogen) atoms. The topological polar surface area (TPSA) is 254 Å². The van der Waals surface area contributed by atoms with Crippen molar-refractivity contribution in [3.8, 4) is 0 Å². The summed E-state index contributed by atoms with van der Waals surface area (Å²) in [5.74, 6) is -6.00. The lowest BCUT2D eigenvalue weighted by Crippen LogP contribution is -2.57. The van der Waals surface area contributed by atoms with E-state index in [1.54, 1.807) is 6.26 Å². The molecule has 3 amide bonds. The third kappa shape index (κ3) is 12.2. The number of carbonyl (C=O) groups excluding carboxylic acids is 3. The molecule has 0 aliphatic rings. The fourth-order valence-electron chi connectivity index (χ4n) is 3.12. The van der Waals surface area contributed by atoms with Crippen LogP contribution in [0.3, 0.4) is 0 Å². The summed E-state index contributed by atoms with van der Waals surface area (Å²) in [6, 6.07) is -5.15. The van der Waals surface area contributed by atoms with E-state index in [0.29, 0.717) is 11.4 Å². The summed E-state index contributed by atoms with van der Waals surface area (Å²) in [7, 11) is 0. The van der Waals surface area contributed by atoms with Gasteiger partial charge in [0, 0.05) is 31.2 Å². The van der Waals surface area contributed by atoms with Gasteiger partial charge in [0.1, 0.15) is 18.1 Å². The van der Waals surface area contributed by atoms with Gasteiger partial charge in [0.2, 0.25) is 17.7 Å². The van der Waals surface area contributed by atoms with Crippen LogP contribution in [0.2, 0.25) is 0 Å². The molecule has 0 radical (unpaired) electrons. The Morgan fingerprint density at radius 3 is 1.89 bits per heavy atom. The zero-order valence-electron chi connectivity index (χ0n) is 20.1. The molecule has 16 heteroatoms. The minimum atomic E-state index is -1.57. The Bertz CT molecular complexity index is 943. The normalized spacial score (nSPS) is 14.0. The number of H-pyrrole nitrogens is 1. The van der Waals surface area contributed by atoms with Crippen LogP contribution in [0.25, 0.3) is 0 Å². The van der Waals surface area contributed by atoms with Gasteiger partial charge >= 0.3 is 17.9 Å². The molecule has 1 heterocycles. The molecule has 4 unspecified atom stereocenters. The van der Waals surface area contributed by atoms with Gasteiger partial charge in [-0.15, -0.1) is 0 Å². The van der Waals surface area contributed by atoms with Gasteiger partial charge < -0.3 is 42.0 Å². The Balaban J connectivity index is 2.95. The molecule has 0 spiro atoms. The van der Waals surface area contributed by atoms with Gasteiger partial charge in [0.15, 0.2) is 0 Å². The van der Waals surface area contributed by atoms with Gasteiger partial charge in [-0.25, -0.2) is 9.78 Å². The van der Waals surface area contributed by atoms with Gasteiger partial charge in [0.25, 0.3) is 0 Å². The van der Waals surface area contributed by atoms with Crippen LogP contribution >= 0.6 is 11.8 Å². The number of amides is 3. The maximum absolute atomic E-state index is 13.0. The van der Waals surface area contributed by atoms with Crippen molar-refractivity contribution in [2.75, 3.05) is 12.0 Å². The summed E-state index contributed by atoms with van der Waals surface area (Å²) in [6.45, 7) is 0. The first-order valence-electron chi connectivity index (χ1n) is 11.2. The van der Waals surface area contributed by atoms with Gasteiger partial charge in [-0.05, 0) is 31.3 Å². The minimum absolute atomic E-state index is 0.124. The molecule has 1 aromatic heterocycles. The molecule has 1 aromatic rings. The first-order chi connectivity index (χ1) is 17.4. The average molecular weight is 545 g/mol. The summed E-state index contributed by atoms with van der Waals surface area (Å²) in [5, 5.41) is 34.1. The first kappa shape index (κ1) is 31.4. The van der Waals surface area contributed by atoms with Crippen molar-refractivity contribution in [2.24, 2.45) is 5.73 Å². The summed E-state index contributed by atoms with van der Waals surface area (Å²) < 4.78 is 0. The van der Waals surface area contributed by atoms with Crippen molar-refractivity contribution in [3.63, 3.8) is 0 Å². The van der Waals surface area contributed by atoms with Gasteiger partial charge in [-0.2, -0.15) is 11.8 Å². The number of carboxylic acid groups (broad SMARTS) is 3. The highest BCUT2D eigenvalue weighted by molar-refractivity contribution is 7.98. The third-order valence-electron chi connectivity index (χ3n) is 5.12. The summed E-state index contributed by atoms with van der Waals surface area (Å²) in [5.41, 5.74) is 6.53. The molecule has 4 atom stereocenters. The lowest BCUT2D eigenvalue weighted by atomic mass is 10.1. The fraction of sp³-hybridized carbons (Fsp3) is 0.571.